The van der Waals surface area contributed by atoms with Crippen molar-refractivity contribution in [2.24, 2.45) is 0 Å². The van der Waals surface area contributed by atoms with Gasteiger partial charge in [-0.25, -0.2) is 0 Å². The minimum Gasteiger partial charge on any atom is -0.297 e. The topological polar surface area (TPSA) is 12.5 Å². The lowest BCUT2D eigenvalue weighted by Gasteiger charge is -2.29. The van der Waals surface area contributed by atoms with Crippen LogP contribution in [-0.2, 0) is 4.84 Å². The van der Waals surface area contributed by atoms with E-state index in [-0.39, 0.29) is 0 Å². The molecule has 23 heavy (non-hydrogen) atoms. The third kappa shape index (κ3) is 14.0. The predicted octanol–water partition coefficient (Wildman–Crippen LogP) is 6.89. The van der Waals surface area contributed by atoms with E-state index in [0.29, 0.717) is 0 Å². The molecule has 0 amide bonds. The van der Waals surface area contributed by atoms with E-state index in [4.69, 9.17) is 4.84 Å². The Balaban J connectivity index is 1.61. The second-order valence-electron chi connectivity index (χ2n) is 7.42. The van der Waals surface area contributed by atoms with Gasteiger partial charge in [-0.2, -0.15) is 5.06 Å². The summed E-state index contributed by atoms with van der Waals surface area (Å²) in [5.41, 5.74) is 0. The van der Waals surface area contributed by atoms with Crippen LogP contribution in [0.5, 0.6) is 0 Å². The Morgan fingerprint density at radius 1 is 0.565 bits per heavy atom. The van der Waals surface area contributed by atoms with Crippen molar-refractivity contribution in [3.8, 4) is 0 Å². The number of hydroxylamine groups is 2. The first kappa shape index (κ1) is 21.0. The number of hydrogen-bond acceptors (Lipinski definition) is 2. The van der Waals surface area contributed by atoms with Gasteiger partial charge in [0.2, 0.25) is 0 Å². The van der Waals surface area contributed by atoms with Gasteiger partial charge in [-0.05, 0) is 6.42 Å². The SMILES string of the molecule is CCCCCCCCCCCCCCCCCCCN1CCO1. The molecule has 0 bridgehead atoms. The lowest BCUT2D eigenvalue weighted by molar-refractivity contribution is -0.246. The summed E-state index contributed by atoms with van der Waals surface area (Å²) in [5, 5.41) is 2.10. The van der Waals surface area contributed by atoms with Gasteiger partial charge < -0.3 is 0 Å². The molecule has 1 aliphatic heterocycles. The van der Waals surface area contributed by atoms with E-state index in [9.17, 15) is 0 Å². The monoisotopic (exact) mass is 325 g/mol. The predicted molar refractivity (Wildman–Crippen MR) is 102 cm³/mol. The number of nitrogens with zero attached hydrogens (tertiary/aromatic N) is 1. The van der Waals surface area contributed by atoms with Crippen LogP contribution < -0.4 is 0 Å². The van der Waals surface area contributed by atoms with Crippen molar-refractivity contribution in [1.82, 2.24) is 5.06 Å². The van der Waals surface area contributed by atoms with Gasteiger partial charge in [-0.3, -0.25) is 4.84 Å². The molecule has 0 saturated carbocycles. The maximum atomic E-state index is 5.29. The van der Waals surface area contributed by atoms with Gasteiger partial charge in [-0.15, -0.1) is 0 Å². The zero-order valence-electron chi connectivity index (χ0n) is 16.0. The zero-order chi connectivity index (χ0) is 16.4. The highest BCUT2D eigenvalue weighted by Gasteiger charge is 2.12. The Hall–Kier alpha value is -0.0800. The van der Waals surface area contributed by atoms with Gasteiger partial charge in [0.05, 0.1) is 6.61 Å². The van der Waals surface area contributed by atoms with Gasteiger partial charge in [0.1, 0.15) is 0 Å². The van der Waals surface area contributed by atoms with Crippen molar-refractivity contribution in [2.45, 2.75) is 116 Å². The summed E-state index contributed by atoms with van der Waals surface area (Å²) < 4.78 is 0. The first-order valence-electron chi connectivity index (χ1n) is 10.8. The molecule has 1 heterocycles. The second kappa shape index (κ2) is 16.8. The summed E-state index contributed by atoms with van der Waals surface area (Å²) in [7, 11) is 0. The molecule has 0 N–H and O–H groups in total. The summed E-state index contributed by atoms with van der Waals surface area (Å²) in [4.78, 5) is 5.29. The molecule has 0 unspecified atom stereocenters. The van der Waals surface area contributed by atoms with Crippen LogP contribution in [0.1, 0.15) is 116 Å². The van der Waals surface area contributed by atoms with Crippen molar-refractivity contribution in [3.05, 3.63) is 0 Å². The smallest absolute Gasteiger partial charge is 0.0835 e. The molecule has 2 nitrogen and oxygen atoms in total. The normalized spacial score (nSPS) is 15.0. The standard InChI is InChI=1S/C21H43NO/c1-2-3-4-5-6-7-8-9-10-11-12-13-14-15-16-17-18-19-22-20-21-23-22/h2-21H2,1H3. The molecule has 1 aliphatic rings. The van der Waals surface area contributed by atoms with Gasteiger partial charge in [-0.1, -0.05) is 110 Å². The molecule has 0 radical (unpaired) electrons. The fraction of sp³-hybridized carbons (Fsp3) is 1.00. The lowest BCUT2D eigenvalue weighted by atomic mass is 10.0. The molecule has 138 valence electrons. The third-order valence-electron chi connectivity index (χ3n) is 5.13. The maximum Gasteiger partial charge on any atom is 0.0835 e. The van der Waals surface area contributed by atoms with Gasteiger partial charge in [0, 0.05) is 13.1 Å². The van der Waals surface area contributed by atoms with Gasteiger partial charge in [0.15, 0.2) is 0 Å². The Morgan fingerprint density at radius 3 is 1.22 bits per heavy atom. The second-order valence-corrected chi connectivity index (χ2v) is 7.42. The molecule has 0 spiro atoms. The molecule has 0 aromatic heterocycles. The quantitative estimate of drug-likeness (QED) is 0.254. The van der Waals surface area contributed by atoms with E-state index in [2.05, 4.69) is 12.0 Å². The van der Waals surface area contributed by atoms with Crippen molar-refractivity contribution >= 4 is 0 Å². The average molecular weight is 326 g/mol. The highest BCUT2D eigenvalue weighted by Crippen LogP contribution is 2.14. The van der Waals surface area contributed by atoms with Crippen molar-refractivity contribution in [2.75, 3.05) is 19.7 Å². The van der Waals surface area contributed by atoms with Crippen LogP contribution in [0.3, 0.4) is 0 Å². The largest absolute Gasteiger partial charge is 0.297 e. The third-order valence-corrected chi connectivity index (χ3v) is 5.13. The van der Waals surface area contributed by atoms with Crippen molar-refractivity contribution < 1.29 is 4.84 Å². The Kier molecular flexibility index (Phi) is 15.3. The van der Waals surface area contributed by atoms with Gasteiger partial charge in [0.25, 0.3) is 0 Å². The number of unbranched alkanes of at least 4 members (excludes halogenated alkanes) is 16. The first-order chi connectivity index (χ1) is 11.4. The van der Waals surface area contributed by atoms with Crippen LogP contribution in [0.2, 0.25) is 0 Å². The molecule has 1 rings (SSSR count). The van der Waals surface area contributed by atoms with E-state index < -0.39 is 0 Å². The molecule has 2 heteroatoms. The number of rotatable bonds is 18. The Bertz CT molecular complexity index is 228. The van der Waals surface area contributed by atoms with E-state index in [1.807, 2.05) is 0 Å². The highest BCUT2D eigenvalue weighted by molar-refractivity contribution is 4.55. The van der Waals surface area contributed by atoms with Crippen LogP contribution in [0.25, 0.3) is 0 Å². The Labute approximate surface area is 146 Å². The summed E-state index contributed by atoms with van der Waals surface area (Å²) in [5.74, 6) is 0. The summed E-state index contributed by atoms with van der Waals surface area (Å²) >= 11 is 0. The molecule has 1 saturated heterocycles. The minimum absolute atomic E-state index is 0.943. The molecule has 0 aromatic carbocycles. The first-order valence-corrected chi connectivity index (χ1v) is 10.8. The molecule has 0 aromatic rings. The average Bonchev–Trinajstić information content (AvgIpc) is 2.52. The van der Waals surface area contributed by atoms with Crippen molar-refractivity contribution in [3.63, 3.8) is 0 Å². The van der Waals surface area contributed by atoms with Crippen LogP contribution in [0.15, 0.2) is 0 Å². The highest BCUT2D eigenvalue weighted by atomic mass is 16.7. The summed E-state index contributed by atoms with van der Waals surface area (Å²) in [6.07, 6.45) is 24.6. The molecule has 0 aliphatic carbocycles. The fourth-order valence-electron chi connectivity index (χ4n) is 3.41. The maximum absolute atomic E-state index is 5.29. The van der Waals surface area contributed by atoms with Crippen LogP contribution in [0.4, 0.5) is 0 Å². The van der Waals surface area contributed by atoms with Crippen LogP contribution >= 0.6 is 0 Å². The van der Waals surface area contributed by atoms with Crippen molar-refractivity contribution in [1.29, 1.82) is 0 Å². The molecular formula is C21H43NO. The zero-order valence-corrected chi connectivity index (χ0v) is 16.0. The minimum atomic E-state index is 0.943. The number of hydrogen-bond donors (Lipinski definition) is 0. The molecule has 0 atom stereocenters. The summed E-state index contributed by atoms with van der Waals surface area (Å²) in [6.45, 7) is 5.54. The van der Waals surface area contributed by atoms with E-state index in [1.54, 1.807) is 0 Å². The fourth-order valence-corrected chi connectivity index (χ4v) is 3.41. The Morgan fingerprint density at radius 2 is 0.913 bits per heavy atom. The molecular weight excluding hydrogens is 282 g/mol. The van der Waals surface area contributed by atoms with E-state index >= 15 is 0 Å². The van der Waals surface area contributed by atoms with Gasteiger partial charge >= 0.3 is 0 Å². The van der Waals surface area contributed by atoms with Crippen LogP contribution in [0, 0.1) is 0 Å². The van der Waals surface area contributed by atoms with E-state index in [0.717, 1.165) is 19.7 Å². The lowest BCUT2D eigenvalue weighted by Crippen LogP contribution is -2.39. The molecule has 1 fully saturated rings. The van der Waals surface area contributed by atoms with E-state index in [1.165, 1.54) is 109 Å². The summed E-state index contributed by atoms with van der Waals surface area (Å²) in [6, 6.07) is 0. The van der Waals surface area contributed by atoms with Crippen LogP contribution in [-0.4, -0.2) is 24.8 Å².